The molecule has 1 atom stereocenters. The Morgan fingerprint density at radius 3 is 2.38 bits per heavy atom. The molecule has 2 saturated heterocycles. The summed E-state index contributed by atoms with van der Waals surface area (Å²) in [5, 5.41) is 3.12. The number of hydrogen-bond donors (Lipinski definition) is 0. The molecule has 144 valence electrons. The fourth-order valence-electron chi connectivity index (χ4n) is 3.70. The van der Waals surface area contributed by atoms with Gasteiger partial charge in [0.2, 0.25) is 11.8 Å². The van der Waals surface area contributed by atoms with Crippen molar-refractivity contribution in [1.29, 1.82) is 0 Å². The van der Waals surface area contributed by atoms with Gasteiger partial charge in [-0.1, -0.05) is 20.8 Å². The van der Waals surface area contributed by atoms with Gasteiger partial charge >= 0.3 is 0 Å². The molecule has 2 fully saturated rings. The molecule has 3 heterocycles. The molecule has 0 saturated carbocycles. The summed E-state index contributed by atoms with van der Waals surface area (Å²) in [5.41, 5.74) is 0.664. The summed E-state index contributed by atoms with van der Waals surface area (Å²) in [6.07, 6.45) is 1.80. The number of rotatable bonds is 2. The van der Waals surface area contributed by atoms with E-state index < -0.39 is 0 Å². The van der Waals surface area contributed by atoms with Gasteiger partial charge in [-0.25, -0.2) is 4.98 Å². The van der Waals surface area contributed by atoms with Gasteiger partial charge in [-0.15, -0.1) is 11.3 Å². The lowest BCUT2D eigenvalue weighted by atomic mass is 9.90. The van der Waals surface area contributed by atoms with E-state index in [2.05, 4.69) is 15.3 Å². The zero-order valence-corrected chi connectivity index (χ0v) is 17.1. The Labute approximate surface area is 160 Å². The molecule has 2 aliphatic heterocycles. The van der Waals surface area contributed by atoms with Crippen molar-refractivity contribution in [2.45, 2.75) is 40.5 Å². The molecule has 6 nitrogen and oxygen atoms in total. The van der Waals surface area contributed by atoms with Crippen LogP contribution < -0.4 is 4.90 Å². The number of thiazole rings is 1. The molecule has 1 unspecified atom stereocenters. The van der Waals surface area contributed by atoms with E-state index in [1.165, 1.54) is 0 Å². The number of carbonyl (C=O) groups is 2. The highest BCUT2D eigenvalue weighted by atomic mass is 32.1. The molecular weight excluding hydrogens is 348 g/mol. The predicted molar refractivity (Wildman–Crippen MR) is 104 cm³/mol. The topological polar surface area (TPSA) is 56.8 Å². The average Bonchev–Trinajstić information content (AvgIpc) is 3.06. The van der Waals surface area contributed by atoms with Crippen molar-refractivity contribution in [3.8, 4) is 0 Å². The second-order valence-electron chi connectivity index (χ2n) is 8.42. The van der Waals surface area contributed by atoms with Crippen LogP contribution in [0.1, 0.15) is 39.3 Å². The number of anilines is 1. The maximum absolute atomic E-state index is 13.0. The number of piperazine rings is 1. The summed E-state index contributed by atoms with van der Waals surface area (Å²) in [4.78, 5) is 36.2. The minimum absolute atomic E-state index is 0.0521. The monoisotopic (exact) mass is 378 g/mol. The van der Waals surface area contributed by atoms with E-state index in [0.717, 1.165) is 56.4 Å². The smallest absolute Gasteiger partial charge is 0.227 e. The first kappa shape index (κ1) is 19.1. The summed E-state index contributed by atoms with van der Waals surface area (Å²) in [5.74, 6) is 0.314. The minimum atomic E-state index is -0.387. The summed E-state index contributed by atoms with van der Waals surface area (Å²) in [6, 6.07) is 0. The second kappa shape index (κ2) is 7.55. The quantitative estimate of drug-likeness (QED) is 0.793. The van der Waals surface area contributed by atoms with Crippen LogP contribution in [0.25, 0.3) is 0 Å². The lowest BCUT2D eigenvalue weighted by molar-refractivity contribution is -0.145. The van der Waals surface area contributed by atoms with E-state index >= 15 is 0 Å². The normalized spacial score (nSPS) is 21.8. The Hall–Kier alpha value is -1.63. The fraction of sp³-hybridized carbons (Fsp3) is 0.737. The summed E-state index contributed by atoms with van der Waals surface area (Å²) >= 11 is 1.67. The Kier molecular flexibility index (Phi) is 5.55. The van der Waals surface area contributed by atoms with E-state index in [1.807, 2.05) is 37.5 Å². The molecule has 0 bridgehead atoms. The van der Waals surface area contributed by atoms with Gasteiger partial charge in [0.25, 0.3) is 0 Å². The van der Waals surface area contributed by atoms with E-state index in [4.69, 9.17) is 0 Å². The molecule has 2 amide bonds. The van der Waals surface area contributed by atoms with Crippen molar-refractivity contribution in [2.24, 2.45) is 11.3 Å². The van der Waals surface area contributed by atoms with Gasteiger partial charge in [-0.2, -0.15) is 0 Å². The Morgan fingerprint density at radius 2 is 1.81 bits per heavy atom. The second-order valence-corrected chi connectivity index (χ2v) is 9.26. The number of hydrogen-bond acceptors (Lipinski definition) is 5. The van der Waals surface area contributed by atoms with Crippen molar-refractivity contribution in [1.82, 2.24) is 14.8 Å². The molecule has 26 heavy (non-hydrogen) atoms. The predicted octanol–water partition coefficient (Wildman–Crippen LogP) is 2.38. The highest BCUT2D eigenvalue weighted by Crippen LogP contribution is 2.26. The largest absolute Gasteiger partial charge is 0.345 e. The Morgan fingerprint density at radius 1 is 1.12 bits per heavy atom. The molecule has 0 spiro atoms. The molecule has 7 heteroatoms. The van der Waals surface area contributed by atoms with E-state index in [1.54, 1.807) is 11.3 Å². The molecule has 0 aliphatic carbocycles. The molecule has 0 radical (unpaired) electrons. The molecule has 3 rings (SSSR count). The van der Waals surface area contributed by atoms with Gasteiger partial charge in [0.1, 0.15) is 0 Å². The summed E-state index contributed by atoms with van der Waals surface area (Å²) in [6.45, 7) is 12.3. The first-order valence-corrected chi connectivity index (χ1v) is 10.4. The van der Waals surface area contributed by atoms with Gasteiger partial charge in [-0.05, 0) is 19.8 Å². The van der Waals surface area contributed by atoms with Gasteiger partial charge < -0.3 is 14.7 Å². The maximum Gasteiger partial charge on any atom is 0.227 e. The summed E-state index contributed by atoms with van der Waals surface area (Å²) in [7, 11) is 0. The number of aryl methyl sites for hydroxylation is 1. The van der Waals surface area contributed by atoms with Crippen LogP contribution in [0.5, 0.6) is 0 Å². The third-order valence-corrected chi connectivity index (χ3v) is 6.19. The highest BCUT2D eigenvalue weighted by molar-refractivity contribution is 7.13. The van der Waals surface area contributed by atoms with E-state index in [0.29, 0.717) is 6.54 Å². The van der Waals surface area contributed by atoms with Crippen LogP contribution in [-0.2, 0) is 9.59 Å². The van der Waals surface area contributed by atoms with E-state index in [9.17, 15) is 9.59 Å². The number of aromatic nitrogens is 1. The molecule has 2 aliphatic rings. The average molecular weight is 379 g/mol. The zero-order valence-electron chi connectivity index (χ0n) is 16.3. The Bertz CT molecular complexity index is 659. The number of nitrogens with zero attached hydrogens (tertiary/aromatic N) is 4. The van der Waals surface area contributed by atoms with Crippen LogP contribution in [0.3, 0.4) is 0 Å². The first-order valence-electron chi connectivity index (χ1n) is 9.51. The maximum atomic E-state index is 13.0. The molecule has 1 aromatic rings. The molecular formula is C19H30N4O2S. The van der Waals surface area contributed by atoms with Gasteiger partial charge in [-0.3, -0.25) is 9.59 Å². The van der Waals surface area contributed by atoms with Crippen molar-refractivity contribution in [3.63, 3.8) is 0 Å². The van der Waals surface area contributed by atoms with Gasteiger partial charge in [0, 0.05) is 50.1 Å². The number of piperidine rings is 1. The lowest BCUT2D eigenvalue weighted by Crippen LogP contribution is -2.54. The minimum Gasteiger partial charge on any atom is -0.345 e. The highest BCUT2D eigenvalue weighted by Gasteiger charge is 2.35. The SMILES string of the molecule is Cc1csc(N2CCN(C(=O)C3CCCN(C(=O)C(C)(C)C)C3)CC2)n1. The molecule has 0 N–H and O–H groups in total. The van der Waals surface area contributed by atoms with Gasteiger partial charge in [0.15, 0.2) is 5.13 Å². The van der Waals surface area contributed by atoms with Crippen molar-refractivity contribution < 1.29 is 9.59 Å². The first-order chi connectivity index (χ1) is 12.3. The number of carbonyl (C=O) groups excluding carboxylic acids is 2. The van der Waals surface area contributed by atoms with Crippen molar-refractivity contribution in [3.05, 3.63) is 11.1 Å². The van der Waals surface area contributed by atoms with Crippen LogP contribution in [0, 0.1) is 18.3 Å². The number of amides is 2. The van der Waals surface area contributed by atoms with Crippen LogP contribution >= 0.6 is 11.3 Å². The standard InChI is InChI=1S/C19H30N4O2S/c1-14-13-26-18(20-14)22-10-8-21(9-11-22)16(24)15-6-5-7-23(12-15)17(25)19(2,3)4/h13,15H,5-12H2,1-4H3. The molecule has 1 aromatic heterocycles. The van der Waals surface area contributed by atoms with Crippen LogP contribution in [0.2, 0.25) is 0 Å². The fourth-order valence-corrected chi connectivity index (χ4v) is 4.56. The van der Waals surface area contributed by atoms with Crippen LogP contribution in [0.15, 0.2) is 5.38 Å². The van der Waals surface area contributed by atoms with E-state index in [-0.39, 0.29) is 23.1 Å². The third kappa shape index (κ3) is 4.19. The zero-order chi connectivity index (χ0) is 18.9. The number of likely N-dealkylation sites (tertiary alicyclic amines) is 1. The van der Waals surface area contributed by atoms with Crippen LogP contribution in [0.4, 0.5) is 5.13 Å². The van der Waals surface area contributed by atoms with Gasteiger partial charge in [0.05, 0.1) is 11.6 Å². The Balaban J connectivity index is 1.55. The third-order valence-electron chi connectivity index (χ3n) is 5.17. The lowest BCUT2D eigenvalue weighted by Gasteiger charge is -2.40. The van der Waals surface area contributed by atoms with Crippen LogP contribution in [-0.4, -0.2) is 65.9 Å². The van der Waals surface area contributed by atoms with Crippen molar-refractivity contribution >= 4 is 28.3 Å². The molecule has 0 aromatic carbocycles. The summed E-state index contributed by atoms with van der Waals surface area (Å²) < 4.78 is 0. The van der Waals surface area contributed by atoms with Crippen molar-refractivity contribution in [2.75, 3.05) is 44.2 Å².